The van der Waals surface area contributed by atoms with Crippen molar-refractivity contribution < 1.29 is 23.8 Å². The summed E-state index contributed by atoms with van der Waals surface area (Å²) in [5, 5.41) is 6.33. The van der Waals surface area contributed by atoms with Crippen molar-refractivity contribution in [1.82, 2.24) is 20.4 Å². The van der Waals surface area contributed by atoms with Gasteiger partial charge >= 0.3 is 6.09 Å². The molecule has 3 aliphatic heterocycles. The van der Waals surface area contributed by atoms with E-state index in [1.165, 1.54) is 6.08 Å². The van der Waals surface area contributed by atoms with E-state index in [9.17, 15) is 9.59 Å². The van der Waals surface area contributed by atoms with Crippen LogP contribution in [0.25, 0.3) is 0 Å². The first-order chi connectivity index (χ1) is 20.9. The van der Waals surface area contributed by atoms with Crippen LogP contribution in [0, 0.1) is 37.0 Å². The number of amides is 2. The maximum absolute atomic E-state index is 12.7. The van der Waals surface area contributed by atoms with Gasteiger partial charge < -0.3 is 34.6 Å². The highest BCUT2D eigenvalue weighted by atomic mass is 16.6. The van der Waals surface area contributed by atoms with Crippen LogP contribution in [0.4, 0.5) is 4.79 Å². The van der Waals surface area contributed by atoms with Crippen molar-refractivity contribution >= 4 is 12.0 Å². The van der Waals surface area contributed by atoms with Gasteiger partial charge in [0.25, 0.3) is 0 Å². The predicted molar refractivity (Wildman–Crippen MR) is 171 cm³/mol. The molecule has 0 aromatic heterocycles. The van der Waals surface area contributed by atoms with Gasteiger partial charge in [-0.1, -0.05) is 17.8 Å². The zero-order chi connectivity index (χ0) is 32.3. The molecule has 2 saturated heterocycles. The molecule has 234 valence electrons. The number of nitrogens with zero attached hydrogens (tertiary/aromatic N) is 2. The van der Waals surface area contributed by atoms with Crippen LogP contribution in [0.15, 0.2) is 57.9 Å². The van der Waals surface area contributed by atoms with Crippen LogP contribution in [0.1, 0.15) is 53.9 Å². The molecule has 0 aromatic carbocycles. The first-order valence-corrected chi connectivity index (χ1v) is 14.9. The Morgan fingerprint density at radius 1 is 1.05 bits per heavy atom. The van der Waals surface area contributed by atoms with Gasteiger partial charge in [0.15, 0.2) is 0 Å². The van der Waals surface area contributed by atoms with Crippen molar-refractivity contribution in [3.8, 4) is 37.0 Å². The van der Waals surface area contributed by atoms with Gasteiger partial charge in [-0.25, -0.2) is 4.79 Å². The Labute approximate surface area is 262 Å². The molecule has 0 aromatic rings. The lowest BCUT2D eigenvalue weighted by molar-refractivity contribution is -0.116. The maximum Gasteiger partial charge on any atom is 0.410 e. The average molecular weight is 601 g/mol. The molecule has 3 aliphatic rings. The molecule has 3 heterocycles. The van der Waals surface area contributed by atoms with E-state index in [1.807, 2.05) is 45.6 Å². The van der Waals surface area contributed by atoms with Crippen LogP contribution in [0.5, 0.6) is 0 Å². The second-order valence-corrected chi connectivity index (χ2v) is 11.9. The fourth-order valence-electron chi connectivity index (χ4n) is 5.02. The first kappa shape index (κ1) is 34.0. The Morgan fingerprint density at radius 3 is 2.32 bits per heavy atom. The largest absolute Gasteiger partial charge is 0.461 e. The second-order valence-electron chi connectivity index (χ2n) is 11.9. The summed E-state index contributed by atoms with van der Waals surface area (Å²) in [5.41, 5.74) is 3.21. The van der Waals surface area contributed by atoms with Gasteiger partial charge in [0.2, 0.25) is 5.91 Å². The van der Waals surface area contributed by atoms with Crippen LogP contribution in [-0.2, 0) is 19.0 Å². The minimum Gasteiger partial charge on any atom is -0.461 e. The van der Waals surface area contributed by atoms with Crippen molar-refractivity contribution in [3.63, 3.8) is 0 Å². The van der Waals surface area contributed by atoms with Crippen LogP contribution >= 0.6 is 0 Å². The van der Waals surface area contributed by atoms with E-state index < -0.39 is 5.60 Å². The van der Waals surface area contributed by atoms with Crippen LogP contribution < -0.4 is 10.6 Å². The summed E-state index contributed by atoms with van der Waals surface area (Å²) in [5.74, 6) is 8.89. The number of piperidine rings is 1. The molecule has 0 radical (unpaired) electrons. The molecule has 0 unspecified atom stereocenters. The number of carbonyl (C=O) groups excluding carboxylic acids is 2. The standard InChI is InChI=1S/C35H44N4O5/c1-9-12-27(24-36-32(40)23-31(11-3)38-17-19-42-20-18-38)33-25(4)21-28(26(5)43-33)22-29(10-2)37-30-13-15-39(16-14-30)34(41)44-35(6,7)8/h1-3,12,22-23,30,37H,13-21,24H2,4-8H3,(H,36,40)/b27-12-,29-22+,31-23+. The molecule has 9 heteroatoms. The van der Waals surface area contributed by atoms with Crippen LogP contribution in [0.3, 0.4) is 0 Å². The van der Waals surface area contributed by atoms with E-state index in [-0.39, 0.29) is 24.6 Å². The number of nitrogens with one attached hydrogen (secondary N) is 2. The van der Waals surface area contributed by atoms with Crippen molar-refractivity contribution in [2.45, 2.75) is 65.5 Å². The highest BCUT2D eigenvalue weighted by molar-refractivity contribution is 5.89. The van der Waals surface area contributed by atoms with Gasteiger partial charge in [0, 0.05) is 56.8 Å². The lowest BCUT2D eigenvalue weighted by Gasteiger charge is -2.34. The molecule has 2 fully saturated rings. The quantitative estimate of drug-likeness (QED) is 0.322. The lowest BCUT2D eigenvalue weighted by Crippen LogP contribution is -2.46. The third kappa shape index (κ3) is 10.0. The lowest BCUT2D eigenvalue weighted by atomic mass is 9.97. The van der Waals surface area contributed by atoms with Crippen molar-refractivity contribution in [2.75, 3.05) is 45.9 Å². The van der Waals surface area contributed by atoms with Crippen molar-refractivity contribution in [2.24, 2.45) is 0 Å². The number of hydrogen-bond donors (Lipinski definition) is 2. The number of morpholine rings is 1. The number of carbonyl (C=O) groups is 2. The molecular formula is C35H44N4O5. The summed E-state index contributed by atoms with van der Waals surface area (Å²) in [6.45, 7) is 13.2. The van der Waals surface area contributed by atoms with Crippen molar-refractivity contribution in [1.29, 1.82) is 0 Å². The van der Waals surface area contributed by atoms with E-state index in [0.29, 0.717) is 74.3 Å². The smallest absolute Gasteiger partial charge is 0.410 e. The average Bonchev–Trinajstić information content (AvgIpc) is 2.99. The highest BCUT2D eigenvalue weighted by Gasteiger charge is 2.27. The van der Waals surface area contributed by atoms with E-state index >= 15 is 0 Å². The zero-order valence-corrected chi connectivity index (χ0v) is 26.5. The molecule has 0 atom stereocenters. The summed E-state index contributed by atoms with van der Waals surface area (Å²) in [6, 6.07) is 0.134. The molecule has 0 saturated carbocycles. The van der Waals surface area contributed by atoms with Crippen LogP contribution in [0.2, 0.25) is 0 Å². The third-order valence-corrected chi connectivity index (χ3v) is 7.30. The monoisotopic (exact) mass is 600 g/mol. The van der Waals surface area contributed by atoms with Gasteiger partial charge in [-0.15, -0.1) is 19.3 Å². The van der Waals surface area contributed by atoms with Gasteiger partial charge in [0.05, 0.1) is 24.6 Å². The SMILES string of the molecule is C#C/C=C(/CNC(=O)/C=C(\C#C)N1CCOCC1)C1=C(C)CC(/C=C(\C#C)NC2CCN(C(=O)OC(C)(C)C)CC2)=C(C)O1. The topological polar surface area (TPSA) is 92.4 Å². The minimum absolute atomic E-state index is 0.134. The van der Waals surface area contributed by atoms with E-state index in [0.717, 1.165) is 24.0 Å². The summed E-state index contributed by atoms with van der Waals surface area (Å²) in [4.78, 5) is 28.8. The molecule has 2 N–H and O–H groups in total. The molecular weight excluding hydrogens is 556 g/mol. The number of allylic oxidation sites excluding steroid dienone is 7. The Morgan fingerprint density at radius 2 is 1.73 bits per heavy atom. The third-order valence-electron chi connectivity index (χ3n) is 7.30. The van der Waals surface area contributed by atoms with Gasteiger partial charge in [-0.3, -0.25) is 4.79 Å². The van der Waals surface area contributed by atoms with Crippen LogP contribution in [-0.4, -0.2) is 79.4 Å². The van der Waals surface area contributed by atoms with E-state index in [2.05, 4.69) is 28.4 Å². The summed E-state index contributed by atoms with van der Waals surface area (Å²) in [7, 11) is 0. The fourth-order valence-corrected chi connectivity index (χ4v) is 5.02. The van der Waals surface area contributed by atoms with E-state index in [1.54, 1.807) is 11.0 Å². The molecule has 0 spiro atoms. The second kappa shape index (κ2) is 15.8. The number of terminal acetylenes is 3. The first-order valence-electron chi connectivity index (χ1n) is 14.9. The Bertz CT molecular complexity index is 1370. The summed E-state index contributed by atoms with van der Waals surface area (Å²) < 4.78 is 17.1. The van der Waals surface area contributed by atoms with Crippen molar-refractivity contribution in [3.05, 3.63) is 57.9 Å². The van der Waals surface area contributed by atoms with E-state index in [4.69, 9.17) is 33.5 Å². The number of hydrogen-bond acceptors (Lipinski definition) is 7. The molecule has 2 amide bonds. The summed E-state index contributed by atoms with van der Waals surface area (Å²) >= 11 is 0. The Kier molecular flexibility index (Phi) is 12.2. The number of rotatable bonds is 8. The minimum atomic E-state index is -0.524. The Hall–Kier alpha value is -4.52. The van der Waals surface area contributed by atoms with Gasteiger partial charge in [-0.2, -0.15) is 0 Å². The number of likely N-dealkylation sites (tertiary alicyclic amines) is 1. The molecule has 3 rings (SSSR count). The molecule has 9 nitrogen and oxygen atoms in total. The Balaban J connectivity index is 1.61. The van der Waals surface area contributed by atoms with Gasteiger partial charge in [-0.05, 0) is 70.8 Å². The summed E-state index contributed by atoms with van der Waals surface area (Å²) in [6.07, 6.45) is 23.9. The highest BCUT2D eigenvalue weighted by Crippen LogP contribution is 2.32. The predicted octanol–water partition coefficient (Wildman–Crippen LogP) is 3.99. The fraction of sp³-hybridized carbons (Fsp3) is 0.486. The molecule has 0 aliphatic carbocycles. The van der Waals surface area contributed by atoms with Gasteiger partial charge in [0.1, 0.15) is 17.1 Å². The zero-order valence-electron chi connectivity index (χ0n) is 26.5. The molecule has 44 heavy (non-hydrogen) atoms. The normalized spacial score (nSPS) is 19.0. The number of ether oxygens (including phenoxy) is 3. The maximum atomic E-state index is 12.7. The molecule has 0 bridgehead atoms.